The SMILES string of the molecule is CC(C)(C)[Si](C)(C)OC[C@H]1O[C@@H](N2C(=O)N[C@]34OO[C@]23N=C(N)NC4=O)[C@H](O[Si](C)(C)C(C)(C)C)[C@@H]1O[Si](C)(C)C(C)(C)C. The fraction of sp³-hybridized carbons (Fsp3) is 0.893. The number of ether oxygens (including phenoxy) is 1. The number of guanidine groups is 1. The number of urea groups is 1. The Morgan fingerprint density at radius 3 is 1.80 bits per heavy atom. The number of nitrogens with one attached hydrogen (secondary N) is 2. The molecule has 0 aromatic rings. The van der Waals surface area contributed by atoms with Crippen LogP contribution in [0.1, 0.15) is 62.3 Å². The largest absolute Gasteiger partial charge is 0.414 e. The number of carbonyl (C=O) groups is 2. The van der Waals surface area contributed by atoms with Crippen molar-refractivity contribution in [3.05, 3.63) is 0 Å². The lowest BCUT2D eigenvalue weighted by atomic mass is 10.0. The van der Waals surface area contributed by atoms with Crippen LogP contribution in [0.15, 0.2) is 4.99 Å². The van der Waals surface area contributed by atoms with Crippen LogP contribution in [0.3, 0.4) is 0 Å². The first-order chi connectivity index (χ1) is 19.6. The highest BCUT2D eigenvalue weighted by Gasteiger charge is 2.83. The molecule has 4 heterocycles. The van der Waals surface area contributed by atoms with Gasteiger partial charge in [-0.25, -0.2) is 9.69 Å². The number of nitrogens with zero attached hydrogens (tertiary/aromatic N) is 2. The lowest BCUT2D eigenvalue weighted by molar-refractivity contribution is -0.560. The van der Waals surface area contributed by atoms with E-state index in [0.29, 0.717) is 0 Å². The van der Waals surface area contributed by atoms with Gasteiger partial charge in [-0.1, -0.05) is 62.3 Å². The number of aliphatic imine (C=N–C) groups is 1. The summed E-state index contributed by atoms with van der Waals surface area (Å²) >= 11 is 0. The number of rotatable bonds is 8. The smallest absolute Gasteiger partial charge is 0.339 e. The van der Waals surface area contributed by atoms with Crippen LogP contribution in [0.5, 0.6) is 0 Å². The molecular weight excluding hydrogens is 619 g/mol. The minimum absolute atomic E-state index is 0.0377. The van der Waals surface area contributed by atoms with Crippen molar-refractivity contribution in [1.29, 1.82) is 0 Å². The Hall–Kier alpha value is -1.38. The molecule has 4 aliphatic rings. The molecule has 13 nitrogen and oxygen atoms in total. The first-order valence-electron chi connectivity index (χ1n) is 15.4. The van der Waals surface area contributed by atoms with Crippen LogP contribution in [-0.2, 0) is 32.6 Å². The van der Waals surface area contributed by atoms with E-state index in [1.165, 1.54) is 4.90 Å². The molecule has 252 valence electrons. The van der Waals surface area contributed by atoms with Crippen molar-refractivity contribution < 1.29 is 37.4 Å². The average Bonchev–Trinajstić information content (AvgIpc) is 3.20. The first-order valence-corrected chi connectivity index (χ1v) is 24.2. The van der Waals surface area contributed by atoms with Crippen molar-refractivity contribution in [2.24, 2.45) is 10.7 Å². The summed E-state index contributed by atoms with van der Waals surface area (Å²) in [6, 6.07) is -0.665. The van der Waals surface area contributed by atoms with Crippen LogP contribution >= 0.6 is 0 Å². The van der Waals surface area contributed by atoms with Gasteiger partial charge in [0, 0.05) is 0 Å². The molecule has 3 saturated heterocycles. The monoisotopic (exact) mass is 673 g/mol. The molecular formula is C28H55N5O8Si3. The van der Waals surface area contributed by atoms with Gasteiger partial charge < -0.3 is 23.7 Å². The van der Waals surface area contributed by atoms with Gasteiger partial charge in [0.2, 0.25) is 0 Å². The predicted octanol–water partition coefficient (Wildman–Crippen LogP) is 4.30. The second kappa shape index (κ2) is 10.6. The zero-order valence-electron chi connectivity index (χ0n) is 29.3. The zero-order valence-corrected chi connectivity index (χ0v) is 32.3. The Bertz CT molecular complexity index is 1210. The molecule has 0 saturated carbocycles. The zero-order chi connectivity index (χ0) is 33.7. The highest BCUT2D eigenvalue weighted by Crippen LogP contribution is 2.53. The maximum absolute atomic E-state index is 13.8. The van der Waals surface area contributed by atoms with E-state index >= 15 is 0 Å². The van der Waals surface area contributed by atoms with Crippen LogP contribution in [0, 0.1) is 0 Å². The van der Waals surface area contributed by atoms with Crippen molar-refractivity contribution in [3.8, 4) is 0 Å². The summed E-state index contributed by atoms with van der Waals surface area (Å²) in [5, 5.41) is 4.73. The summed E-state index contributed by atoms with van der Waals surface area (Å²) in [6.07, 6.45) is -3.03. The highest BCUT2D eigenvalue weighted by atomic mass is 28.4. The van der Waals surface area contributed by atoms with Gasteiger partial charge in [-0.2, -0.15) is 14.8 Å². The van der Waals surface area contributed by atoms with Crippen LogP contribution in [0.2, 0.25) is 54.4 Å². The van der Waals surface area contributed by atoms with Crippen molar-refractivity contribution in [3.63, 3.8) is 0 Å². The molecule has 0 aliphatic carbocycles. The summed E-state index contributed by atoms with van der Waals surface area (Å²) in [4.78, 5) is 43.4. The predicted molar refractivity (Wildman–Crippen MR) is 174 cm³/mol. The molecule has 4 aliphatic heterocycles. The maximum Gasteiger partial charge on any atom is 0.339 e. The van der Waals surface area contributed by atoms with E-state index in [9.17, 15) is 9.59 Å². The van der Waals surface area contributed by atoms with Gasteiger partial charge in [0.25, 0.3) is 5.91 Å². The van der Waals surface area contributed by atoms with Crippen molar-refractivity contribution in [2.75, 3.05) is 6.61 Å². The second-order valence-electron chi connectivity index (χ2n) is 17.0. The minimum Gasteiger partial charge on any atom is -0.414 e. The maximum atomic E-state index is 13.8. The Balaban J connectivity index is 1.85. The molecule has 0 bridgehead atoms. The Labute approximate surface area is 265 Å². The number of hydrogen-bond acceptors (Lipinski definition) is 10. The first kappa shape index (κ1) is 35.5. The molecule has 44 heavy (non-hydrogen) atoms. The molecule has 3 fully saturated rings. The molecule has 0 spiro atoms. The molecule has 4 rings (SSSR count). The molecule has 16 heteroatoms. The molecule has 0 aromatic carbocycles. The molecule has 6 atom stereocenters. The second-order valence-corrected chi connectivity index (χ2v) is 31.4. The number of amides is 3. The molecule has 3 amide bonds. The summed E-state index contributed by atoms with van der Waals surface area (Å²) in [5.74, 6) is -2.83. The highest BCUT2D eigenvalue weighted by molar-refractivity contribution is 6.75. The quantitative estimate of drug-likeness (QED) is 0.253. The van der Waals surface area contributed by atoms with Crippen LogP contribution in [0.25, 0.3) is 0 Å². The third kappa shape index (κ3) is 5.51. The van der Waals surface area contributed by atoms with Gasteiger partial charge in [-0.15, -0.1) is 0 Å². The minimum atomic E-state index is -2.51. The van der Waals surface area contributed by atoms with Gasteiger partial charge in [-0.05, 0) is 54.4 Å². The molecule has 0 unspecified atom stereocenters. The number of hydrogen-bond donors (Lipinski definition) is 3. The van der Waals surface area contributed by atoms with E-state index in [-0.39, 0.29) is 27.7 Å². The van der Waals surface area contributed by atoms with Crippen molar-refractivity contribution >= 4 is 42.9 Å². The third-order valence-corrected chi connectivity index (χ3v) is 24.3. The molecule has 0 radical (unpaired) electrons. The Morgan fingerprint density at radius 2 is 1.34 bits per heavy atom. The fourth-order valence-electron chi connectivity index (χ4n) is 4.80. The Morgan fingerprint density at radius 1 is 0.841 bits per heavy atom. The lowest BCUT2D eigenvalue weighted by Crippen LogP contribution is -2.81. The third-order valence-electron chi connectivity index (χ3n) is 10.8. The van der Waals surface area contributed by atoms with E-state index in [2.05, 4.69) is 117 Å². The van der Waals surface area contributed by atoms with Crippen molar-refractivity contribution in [2.45, 2.75) is 153 Å². The van der Waals surface area contributed by atoms with Gasteiger partial charge in [0.1, 0.15) is 18.3 Å². The van der Waals surface area contributed by atoms with Crippen LogP contribution in [-0.4, -0.2) is 90.5 Å². The van der Waals surface area contributed by atoms with E-state index in [1.807, 2.05) is 0 Å². The Kier molecular flexibility index (Phi) is 8.52. The van der Waals surface area contributed by atoms with Crippen LogP contribution in [0.4, 0.5) is 4.79 Å². The summed E-state index contributed by atoms with van der Waals surface area (Å²) in [6.45, 7) is 32.8. The fourth-order valence-corrected chi connectivity index (χ4v) is 8.41. The van der Waals surface area contributed by atoms with E-state index in [1.54, 1.807) is 0 Å². The summed E-state index contributed by atoms with van der Waals surface area (Å²) < 4.78 is 27.8. The lowest BCUT2D eigenvalue weighted by Gasteiger charge is -2.51. The van der Waals surface area contributed by atoms with E-state index in [4.69, 9.17) is 33.5 Å². The van der Waals surface area contributed by atoms with Gasteiger partial charge in [0.15, 0.2) is 37.1 Å². The van der Waals surface area contributed by atoms with Gasteiger partial charge in [0.05, 0.1) is 6.61 Å². The average molecular weight is 674 g/mol. The van der Waals surface area contributed by atoms with Gasteiger partial charge in [-0.3, -0.25) is 15.4 Å². The van der Waals surface area contributed by atoms with Gasteiger partial charge >= 0.3 is 17.6 Å². The summed E-state index contributed by atoms with van der Waals surface area (Å²) in [5.41, 5.74) is 4.07. The summed E-state index contributed by atoms with van der Waals surface area (Å²) in [7, 11) is -7.14. The van der Waals surface area contributed by atoms with E-state index < -0.39 is 73.0 Å². The normalized spacial score (nSPS) is 33.3. The number of nitrogens with two attached hydrogens (primary N) is 1. The molecule has 0 aromatic heterocycles. The van der Waals surface area contributed by atoms with Crippen LogP contribution < -0.4 is 16.4 Å². The molecule has 4 N–H and O–H groups in total. The van der Waals surface area contributed by atoms with E-state index in [0.717, 1.165) is 0 Å². The number of carbonyl (C=O) groups excluding carboxylic acids is 2. The standard InChI is InChI=1S/C28H55N5O8Si3/c1-24(2,3)42(10,11)36-16-17-18(38-43(12,13)25(4,5)6)19(39-44(14,15)26(7,8)9)20(37-17)33-23(35)32-27-21(34)30-22(29)31-28(27,33)41-40-27/h17-20H,16H2,1-15H3,(H,32,35)(H3,29,30,31,34)/t17-,18-,19-,20-,27-,28-/m1/s1. The van der Waals surface area contributed by atoms with Crippen molar-refractivity contribution in [1.82, 2.24) is 15.5 Å². The topological polar surface area (TPSA) is 155 Å².